The predicted molar refractivity (Wildman–Crippen MR) is 57.4 cm³/mol. The number of nitrogens with zero attached hydrogens (tertiary/aromatic N) is 1. The Morgan fingerprint density at radius 2 is 2.12 bits per heavy atom. The Bertz CT molecular complexity index is 342. The van der Waals surface area contributed by atoms with E-state index >= 15 is 0 Å². The topological polar surface area (TPSA) is 30.2 Å². The summed E-state index contributed by atoms with van der Waals surface area (Å²) in [4.78, 5) is 11.6. The van der Waals surface area contributed by atoms with Crippen LogP contribution in [0.15, 0.2) is 24.4 Å². The van der Waals surface area contributed by atoms with Crippen LogP contribution < -0.4 is 21.5 Å². The number of aromatic nitrogens is 1. The maximum absolute atomic E-state index is 11.6. The first-order valence-corrected chi connectivity index (χ1v) is 5.36. The lowest BCUT2D eigenvalue weighted by Crippen LogP contribution is -3.00. The summed E-state index contributed by atoms with van der Waals surface area (Å²) in [6.45, 7) is 6.18. The molecule has 1 unspecified atom stereocenters. The van der Waals surface area contributed by atoms with Crippen LogP contribution in [0.1, 0.15) is 32.5 Å². The average Bonchev–Trinajstić information content (AvgIpc) is 2.28. The maximum Gasteiger partial charge on any atom is 0.375 e. The van der Waals surface area contributed by atoms with E-state index in [2.05, 4.69) is 6.92 Å². The first kappa shape index (κ1) is 15.1. The Hall–Kier alpha value is -0.900. The van der Waals surface area contributed by atoms with E-state index in [1.807, 2.05) is 42.8 Å². The standard InChI is InChI=1S/C12H18NO2.BrH/c1-4-11-8-6-7-9-13(11)10(3)12(14)15-5-2;/h6-10H,4-5H2,1-3H3;1H/q+1;/p-1. The summed E-state index contributed by atoms with van der Waals surface area (Å²) in [5, 5.41) is 0. The van der Waals surface area contributed by atoms with Crippen LogP contribution in [0.25, 0.3) is 0 Å². The molecule has 4 heteroatoms. The van der Waals surface area contributed by atoms with Gasteiger partial charge in [-0.25, -0.2) is 4.79 Å². The summed E-state index contributed by atoms with van der Waals surface area (Å²) in [6, 6.07) is 5.68. The van der Waals surface area contributed by atoms with Crippen molar-refractivity contribution in [2.24, 2.45) is 0 Å². The summed E-state index contributed by atoms with van der Waals surface area (Å²) in [7, 11) is 0. The fourth-order valence-electron chi connectivity index (χ4n) is 1.55. The van der Waals surface area contributed by atoms with Crippen LogP contribution in [0.4, 0.5) is 0 Å². The minimum Gasteiger partial charge on any atom is -1.00 e. The van der Waals surface area contributed by atoms with Crippen molar-refractivity contribution in [3.05, 3.63) is 30.1 Å². The van der Waals surface area contributed by atoms with Gasteiger partial charge in [0.05, 0.1) is 6.61 Å². The molecular formula is C12H18BrNO2. The molecule has 0 aromatic carbocycles. The second-order valence-electron chi connectivity index (χ2n) is 3.38. The van der Waals surface area contributed by atoms with Gasteiger partial charge in [-0.1, -0.05) is 13.0 Å². The van der Waals surface area contributed by atoms with Crippen molar-refractivity contribution < 1.29 is 31.1 Å². The van der Waals surface area contributed by atoms with Crippen LogP contribution in [0.3, 0.4) is 0 Å². The van der Waals surface area contributed by atoms with Gasteiger partial charge in [-0.15, -0.1) is 0 Å². The molecule has 1 rings (SSSR count). The molecule has 0 N–H and O–H groups in total. The first-order chi connectivity index (χ1) is 7.20. The molecule has 1 atom stereocenters. The summed E-state index contributed by atoms with van der Waals surface area (Å²) in [6.07, 6.45) is 2.82. The minimum atomic E-state index is -0.249. The van der Waals surface area contributed by atoms with Crippen molar-refractivity contribution in [1.29, 1.82) is 0 Å². The zero-order chi connectivity index (χ0) is 11.3. The van der Waals surface area contributed by atoms with Crippen molar-refractivity contribution in [3.8, 4) is 0 Å². The number of halogens is 1. The first-order valence-electron chi connectivity index (χ1n) is 5.36. The highest BCUT2D eigenvalue weighted by atomic mass is 79.9. The van der Waals surface area contributed by atoms with Crippen molar-refractivity contribution in [2.45, 2.75) is 33.2 Å². The molecule has 16 heavy (non-hydrogen) atoms. The second kappa shape index (κ2) is 7.39. The number of ether oxygens (including phenoxy) is 1. The SMILES string of the molecule is CCOC(=O)C(C)[n+]1ccccc1CC.[Br-]. The number of esters is 1. The molecule has 1 heterocycles. The number of rotatable bonds is 4. The van der Waals surface area contributed by atoms with Gasteiger partial charge in [-0.05, 0) is 6.92 Å². The van der Waals surface area contributed by atoms with Gasteiger partial charge in [0.2, 0.25) is 0 Å². The molecule has 0 radical (unpaired) electrons. The van der Waals surface area contributed by atoms with Gasteiger partial charge < -0.3 is 21.7 Å². The number of carbonyl (C=O) groups excluding carboxylic acids is 1. The van der Waals surface area contributed by atoms with E-state index in [9.17, 15) is 4.79 Å². The predicted octanol–water partition coefficient (Wildman–Crippen LogP) is -1.34. The molecule has 0 aliphatic carbocycles. The zero-order valence-corrected chi connectivity index (χ0v) is 11.5. The number of pyridine rings is 1. The van der Waals surface area contributed by atoms with Gasteiger partial charge in [-0.3, -0.25) is 0 Å². The summed E-state index contributed by atoms with van der Waals surface area (Å²) >= 11 is 0. The Morgan fingerprint density at radius 1 is 1.44 bits per heavy atom. The molecule has 0 bridgehead atoms. The van der Waals surface area contributed by atoms with Gasteiger partial charge in [0.25, 0.3) is 6.04 Å². The molecule has 0 saturated carbocycles. The molecule has 1 aromatic rings. The molecule has 1 aromatic heterocycles. The smallest absolute Gasteiger partial charge is 0.375 e. The summed E-state index contributed by atoms with van der Waals surface area (Å²) in [5.41, 5.74) is 1.14. The number of aryl methyl sites for hydroxylation is 1. The minimum absolute atomic E-state index is 0. The zero-order valence-electron chi connectivity index (χ0n) is 9.94. The lowest BCUT2D eigenvalue weighted by atomic mass is 10.2. The third-order valence-corrected chi connectivity index (χ3v) is 2.39. The third kappa shape index (κ3) is 3.59. The fourth-order valence-corrected chi connectivity index (χ4v) is 1.55. The van der Waals surface area contributed by atoms with E-state index in [-0.39, 0.29) is 29.0 Å². The molecule has 0 aliphatic rings. The number of carbonyl (C=O) groups is 1. The molecule has 0 aliphatic heterocycles. The van der Waals surface area contributed by atoms with Crippen LogP contribution >= 0.6 is 0 Å². The third-order valence-electron chi connectivity index (χ3n) is 2.39. The molecule has 90 valence electrons. The number of hydrogen-bond donors (Lipinski definition) is 0. The molecule has 0 amide bonds. The Kier molecular flexibility index (Phi) is 6.97. The lowest BCUT2D eigenvalue weighted by Gasteiger charge is -2.08. The highest BCUT2D eigenvalue weighted by Gasteiger charge is 2.25. The van der Waals surface area contributed by atoms with Gasteiger partial charge in [-0.2, -0.15) is 4.57 Å². The molecule has 0 spiro atoms. The van der Waals surface area contributed by atoms with E-state index in [0.717, 1.165) is 12.1 Å². The highest BCUT2D eigenvalue weighted by molar-refractivity contribution is 5.71. The second-order valence-corrected chi connectivity index (χ2v) is 3.38. The van der Waals surface area contributed by atoms with Crippen molar-refractivity contribution >= 4 is 5.97 Å². The van der Waals surface area contributed by atoms with Crippen LogP contribution in [0, 0.1) is 0 Å². The van der Waals surface area contributed by atoms with Crippen molar-refractivity contribution in [2.75, 3.05) is 6.61 Å². The number of hydrogen-bond acceptors (Lipinski definition) is 2. The van der Waals surface area contributed by atoms with E-state index < -0.39 is 0 Å². The van der Waals surface area contributed by atoms with Crippen LogP contribution in [-0.2, 0) is 16.0 Å². The van der Waals surface area contributed by atoms with E-state index in [0.29, 0.717) is 6.61 Å². The average molecular weight is 288 g/mol. The largest absolute Gasteiger partial charge is 1.00 e. The maximum atomic E-state index is 11.6. The highest BCUT2D eigenvalue weighted by Crippen LogP contribution is 2.02. The monoisotopic (exact) mass is 287 g/mol. The Morgan fingerprint density at radius 3 is 2.69 bits per heavy atom. The molecular weight excluding hydrogens is 270 g/mol. The Labute approximate surface area is 107 Å². The summed E-state index contributed by atoms with van der Waals surface area (Å²) in [5.74, 6) is -0.177. The van der Waals surface area contributed by atoms with Gasteiger partial charge in [0.15, 0.2) is 11.9 Å². The van der Waals surface area contributed by atoms with E-state index in [1.54, 1.807) is 0 Å². The van der Waals surface area contributed by atoms with Crippen LogP contribution in [-0.4, -0.2) is 12.6 Å². The summed E-state index contributed by atoms with van der Waals surface area (Å²) < 4.78 is 6.95. The normalized spacial score (nSPS) is 11.4. The van der Waals surface area contributed by atoms with Crippen molar-refractivity contribution in [3.63, 3.8) is 0 Å². The Balaban J connectivity index is 0.00000225. The molecule has 0 saturated heterocycles. The van der Waals surface area contributed by atoms with E-state index in [4.69, 9.17) is 4.74 Å². The quantitative estimate of drug-likeness (QED) is 0.507. The van der Waals surface area contributed by atoms with Crippen LogP contribution in [0.5, 0.6) is 0 Å². The lowest BCUT2D eigenvalue weighted by molar-refractivity contribution is -0.714. The molecule has 3 nitrogen and oxygen atoms in total. The fraction of sp³-hybridized carbons (Fsp3) is 0.500. The van der Waals surface area contributed by atoms with Gasteiger partial charge in [0, 0.05) is 25.5 Å². The molecule has 0 fully saturated rings. The van der Waals surface area contributed by atoms with Crippen LogP contribution in [0.2, 0.25) is 0 Å². The van der Waals surface area contributed by atoms with Crippen molar-refractivity contribution in [1.82, 2.24) is 0 Å². The van der Waals surface area contributed by atoms with Gasteiger partial charge >= 0.3 is 5.97 Å². The van der Waals surface area contributed by atoms with E-state index in [1.165, 1.54) is 0 Å². The van der Waals surface area contributed by atoms with Gasteiger partial charge in [0.1, 0.15) is 0 Å².